The Morgan fingerprint density at radius 1 is 1.21 bits per heavy atom. The third-order valence-electron chi connectivity index (χ3n) is 5.57. The molecule has 3 heterocycles. The molecule has 28 heavy (non-hydrogen) atoms. The van der Waals surface area contributed by atoms with Gasteiger partial charge in [0.15, 0.2) is 0 Å². The number of rotatable bonds is 4. The maximum Gasteiger partial charge on any atom is 0.233 e. The fourth-order valence-electron chi connectivity index (χ4n) is 3.70. The molecular weight excluding hydrogens is 368 g/mol. The van der Waals surface area contributed by atoms with Gasteiger partial charge in [0.25, 0.3) is 0 Å². The Hall–Kier alpha value is -2.39. The quantitative estimate of drug-likeness (QED) is 0.714. The number of pyridine rings is 2. The third-order valence-corrected chi connectivity index (χ3v) is 6.53. The molecule has 0 saturated carbocycles. The summed E-state index contributed by atoms with van der Waals surface area (Å²) in [5, 5.41) is 10.2. The van der Waals surface area contributed by atoms with Crippen molar-refractivity contribution in [2.45, 2.75) is 57.5 Å². The number of thioether (sulfide) groups is 1. The molecule has 2 aromatic rings. The average molecular weight is 395 g/mol. The maximum absolute atomic E-state index is 13.1. The number of amides is 1. The van der Waals surface area contributed by atoms with Crippen LogP contribution in [0.1, 0.15) is 59.7 Å². The lowest BCUT2D eigenvalue weighted by Gasteiger charge is -2.30. The van der Waals surface area contributed by atoms with Crippen LogP contribution in [0, 0.1) is 32.1 Å². The van der Waals surface area contributed by atoms with Gasteiger partial charge in [0.1, 0.15) is 11.1 Å². The number of aryl methyl sites for hydroxylation is 1. The van der Waals surface area contributed by atoms with Gasteiger partial charge in [-0.2, -0.15) is 5.26 Å². The monoisotopic (exact) mass is 394 g/mol. The SMILES string of the molecule is Cc1nc(SCC(=O)N2CCCCC[C@H]2c2ccncc2)c(C#N)c(C)c1C. The Balaban J connectivity index is 1.79. The van der Waals surface area contributed by atoms with Crippen LogP contribution in [-0.4, -0.2) is 33.1 Å². The molecule has 0 unspecified atom stereocenters. The van der Waals surface area contributed by atoms with Crippen LogP contribution in [0.15, 0.2) is 29.6 Å². The molecular formula is C22H26N4OS. The van der Waals surface area contributed by atoms with E-state index in [4.69, 9.17) is 0 Å². The van der Waals surface area contributed by atoms with Crippen LogP contribution >= 0.6 is 11.8 Å². The van der Waals surface area contributed by atoms with Gasteiger partial charge >= 0.3 is 0 Å². The van der Waals surface area contributed by atoms with E-state index in [2.05, 4.69) is 16.0 Å². The molecule has 2 aromatic heterocycles. The van der Waals surface area contributed by atoms with Gasteiger partial charge in [0.2, 0.25) is 5.91 Å². The standard InChI is InChI=1S/C22H26N4OS/c1-15-16(2)19(13-23)22(25-17(15)3)28-14-21(27)26-12-6-4-5-7-20(26)18-8-10-24-11-9-18/h8-11,20H,4-7,12,14H2,1-3H3/t20-/m0/s1. The van der Waals surface area contributed by atoms with Crippen molar-refractivity contribution >= 4 is 17.7 Å². The van der Waals surface area contributed by atoms with Gasteiger partial charge in [-0.3, -0.25) is 9.78 Å². The van der Waals surface area contributed by atoms with Gasteiger partial charge in [-0.25, -0.2) is 4.98 Å². The van der Waals surface area contributed by atoms with Gasteiger partial charge in [-0.1, -0.05) is 24.6 Å². The van der Waals surface area contributed by atoms with E-state index in [1.165, 1.54) is 11.8 Å². The maximum atomic E-state index is 13.1. The van der Waals surface area contributed by atoms with E-state index in [1.54, 1.807) is 12.4 Å². The highest BCUT2D eigenvalue weighted by molar-refractivity contribution is 8.00. The predicted octanol–water partition coefficient (Wildman–Crippen LogP) is 4.51. The van der Waals surface area contributed by atoms with E-state index in [9.17, 15) is 10.1 Å². The molecule has 3 rings (SSSR count). The van der Waals surface area contributed by atoms with Crippen LogP contribution in [0.3, 0.4) is 0 Å². The van der Waals surface area contributed by atoms with Crippen LogP contribution in [-0.2, 0) is 4.79 Å². The molecule has 0 bridgehead atoms. The Bertz CT molecular complexity index is 892. The minimum Gasteiger partial charge on any atom is -0.335 e. The first-order valence-corrected chi connectivity index (χ1v) is 10.7. The minimum atomic E-state index is 0.100. The number of carbonyl (C=O) groups is 1. The topological polar surface area (TPSA) is 69.9 Å². The lowest BCUT2D eigenvalue weighted by molar-refractivity contribution is -0.130. The number of nitriles is 1. The molecule has 1 aliphatic rings. The zero-order valence-corrected chi connectivity index (χ0v) is 17.6. The lowest BCUT2D eigenvalue weighted by atomic mass is 10.0. The summed E-state index contributed by atoms with van der Waals surface area (Å²) in [6.07, 6.45) is 7.86. The first-order valence-electron chi connectivity index (χ1n) is 9.73. The normalized spacial score (nSPS) is 17.1. The summed E-state index contributed by atoms with van der Waals surface area (Å²) >= 11 is 1.38. The summed E-state index contributed by atoms with van der Waals surface area (Å²) in [7, 11) is 0. The van der Waals surface area contributed by atoms with E-state index in [0.717, 1.165) is 54.6 Å². The number of likely N-dealkylation sites (tertiary alicyclic amines) is 1. The molecule has 6 heteroatoms. The number of nitrogens with zero attached hydrogens (tertiary/aromatic N) is 4. The summed E-state index contributed by atoms with van der Waals surface area (Å²) in [5.74, 6) is 0.404. The number of hydrogen-bond donors (Lipinski definition) is 0. The molecule has 0 aliphatic carbocycles. The fourth-order valence-corrected chi connectivity index (χ4v) is 4.67. The van der Waals surface area contributed by atoms with E-state index in [0.29, 0.717) is 16.3 Å². The fraction of sp³-hybridized carbons (Fsp3) is 0.455. The first kappa shape index (κ1) is 20.3. The molecule has 0 aromatic carbocycles. The lowest BCUT2D eigenvalue weighted by Crippen LogP contribution is -2.36. The second kappa shape index (κ2) is 9.20. The van der Waals surface area contributed by atoms with E-state index in [-0.39, 0.29) is 11.9 Å². The summed E-state index contributed by atoms with van der Waals surface area (Å²) in [6, 6.07) is 6.38. The summed E-state index contributed by atoms with van der Waals surface area (Å²) in [6.45, 7) is 6.65. The first-order chi connectivity index (χ1) is 13.5. The molecule has 146 valence electrons. The van der Waals surface area contributed by atoms with Crippen molar-refractivity contribution in [1.82, 2.24) is 14.9 Å². The van der Waals surface area contributed by atoms with Crippen molar-refractivity contribution in [2.75, 3.05) is 12.3 Å². The highest BCUT2D eigenvalue weighted by atomic mass is 32.2. The molecule has 1 fully saturated rings. The molecule has 1 atom stereocenters. The Kier molecular flexibility index (Phi) is 6.69. The van der Waals surface area contributed by atoms with Crippen molar-refractivity contribution in [3.8, 4) is 6.07 Å². The van der Waals surface area contributed by atoms with Crippen molar-refractivity contribution < 1.29 is 4.79 Å². The zero-order valence-electron chi connectivity index (χ0n) is 16.7. The van der Waals surface area contributed by atoms with Crippen molar-refractivity contribution in [1.29, 1.82) is 5.26 Å². The van der Waals surface area contributed by atoms with Crippen LogP contribution in [0.5, 0.6) is 0 Å². The Morgan fingerprint density at radius 3 is 2.68 bits per heavy atom. The largest absolute Gasteiger partial charge is 0.335 e. The van der Waals surface area contributed by atoms with E-state index >= 15 is 0 Å². The van der Waals surface area contributed by atoms with Crippen molar-refractivity contribution in [3.63, 3.8) is 0 Å². The highest BCUT2D eigenvalue weighted by Crippen LogP contribution is 2.32. The van der Waals surface area contributed by atoms with Crippen molar-refractivity contribution in [2.24, 2.45) is 0 Å². The van der Waals surface area contributed by atoms with E-state index < -0.39 is 0 Å². The van der Waals surface area contributed by atoms with Gasteiger partial charge < -0.3 is 4.90 Å². The van der Waals surface area contributed by atoms with Gasteiger partial charge in [-0.05, 0) is 62.4 Å². The Morgan fingerprint density at radius 2 is 1.96 bits per heavy atom. The van der Waals surface area contributed by atoms with Gasteiger partial charge in [-0.15, -0.1) is 0 Å². The van der Waals surface area contributed by atoms with Crippen LogP contribution in [0.2, 0.25) is 0 Å². The van der Waals surface area contributed by atoms with Crippen LogP contribution in [0.25, 0.3) is 0 Å². The highest BCUT2D eigenvalue weighted by Gasteiger charge is 2.27. The molecule has 0 spiro atoms. The second-order valence-corrected chi connectivity index (χ2v) is 8.22. The molecule has 0 N–H and O–H groups in total. The van der Waals surface area contributed by atoms with Gasteiger partial charge in [0, 0.05) is 24.6 Å². The summed E-state index contributed by atoms with van der Waals surface area (Å²) in [5.41, 5.74) is 4.64. The molecule has 0 radical (unpaired) electrons. The predicted molar refractivity (Wildman–Crippen MR) is 111 cm³/mol. The summed E-state index contributed by atoms with van der Waals surface area (Å²) in [4.78, 5) is 23.8. The zero-order chi connectivity index (χ0) is 20.1. The third kappa shape index (κ3) is 4.36. The minimum absolute atomic E-state index is 0.100. The Labute approximate surface area is 171 Å². The number of carbonyl (C=O) groups excluding carboxylic acids is 1. The smallest absolute Gasteiger partial charge is 0.233 e. The molecule has 1 amide bonds. The second-order valence-electron chi connectivity index (χ2n) is 7.26. The van der Waals surface area contributed by atoms with Gasteiger partial charge in [0.05, 0.1) is 17.4 Å². The van der Waals surface area contributed by atoms with Crippen molar-refractivity contribution in [3.05, 3.63) is 52.5 Å². The van der Waals surface area contributed by atoms with E-state index in [1.807, 2.05) is 37.8 Å². The number of aromatic nitrogens is 2. The molecule has 1 saturated heterocycles. The molecule has 1 aliphatic heterocycles. The van der Waals surface area contributed by atoms with Crippen LogP contribution < -0.4 is 0 Å². The average Bonchev–Trinajstić information content (AvgIpc) is 2.97. The number of hydrogen-bond acceptors (Lipinski definition) is 5. The van der Waals surface area contributed by atoms with Crippen LogP contribution in [0.4, 0.5) is 0 Å². The molecule has 5 nitrogen and oxygen atoms in total. The summed E-state index contributed by atoms with van der Waals surface area (Å²) < 4.78 is 0.